The van der Waals surface area contributed by atoms with E-state index in [1.54, 1.807) is 13.2 Å². The Balaban J connectivity index is 1.78. The minimum Gasteiger partial charge on any atom is -0.508 e. The van der Waals surface area contributed by atoms with Crippen LogP contribution >= 0.6 is 0 Å². The molecule has 1 aliphatic heterocycles. The van der Waals surface area contributed by atoms with Gasteiger partial charge in [-0.25, -0.2) is 0 Å². The maximum absolute atomic E-state index is 12.7. The normalized spacial score (nSPS) is 14.1. The molecule has 0 amide bonds. The molecule has 0 unspecified atom stereocenters. The van der Waals surface area contributed by atoms with Gasteiger partial charge in [0, 0.05) is 47.8 Å². The van der Waals surface area contributed by atoms with E-state index in [0.29, 0.717) is 25.1 Å². The van der Waals surface area contributed by atoms with Crippen molar-refractivity contribution in [3.8, 4) is 29.1 Å². The van der Waals surface area contributed by atoms with Crippen molar-refractivity contribution in [2.45, 2.75) is 19.4 Å². The number of carbonyl (C=O) groups excluding carboxylic acids is 1. The third kappa shape index (κ3) is 3.25. The van der Waals surface area contributed by atoms with Gasteiger partial charge in [0.25, 0.3) is 0 Å². The number of Topliss-reactive ketones (excluding diaryl/α,β-unsaturated/α-hetero) is 1. The monoisotopic (exact) mass is 390 g/mol. The molecule has 2 aromatic carbocycles. The molecule has 0 aliphatic carbocycles. The molecule has 1 aromatic heterocycles. The molecular weight excluding hydrogens is 372 g/mol. The summed E-state index contributed by atoms with van der Waals surface area (Å²) in [4.78, 5) is 12.7. The molecule has 0 bridgehead atoms. The highest BCUT2D eigenvalue weighted by molar-refractivity contribution is 6.16. The van der Waals surface area contributed by atoms with Crippen LogP contribution in [-0.2, 0) is 6.54 Å². The molecule has 146 valence electrons. The van der Waals surface area contributed by atoms with E-state index in [0.717, 1.165) is 22.5 Å². The Morgan fingerprint density at radius 3 is 2.86 bits per heavy atom. The first kappa shape index (κ1) is 18.4. The predicted octanol–water partition coefficient (Wildman–Crippen LogP) is 3.98. The molecule has 2 N–H and O–H groups in total. The maximum Gasteiger partial charge on any atom is 0.235 e. The summed E-state index contributed by atoms with van der Waals surface area (Å²) in [6, 6.07) is 10.2. The van der Waals surface area contributed by atoms with Crippen LogP contribution in [-0.4, -0.2) is 27.7 Å². The van der Waals surface area contributed by atoms with Crippen molar-refractivity contribution in [3.63, 3.8) is 0 Å². The number of phenolic OH excluding ortho intramolecular Hbond substituents is 2. The quantitative estimate of drug-likeness (QED) is 0.504. The Morgan fingerprint density at radius 2 is 2.10 bits per heavy atom. The van der Waals surface area contributed by atoms with Crippen molar-refractivity contribution < 1.29 is 24.5 Å². The van der Waals surface area contributed by atoms with Crippen LogP contribution in [0.2, 0.25) is 0 Å². The average Bonchev–Trinajstić information content (AvgIpc) is 3.19. The highest BCUT2D eigenvalue weighted by Crippen LogP contribution is 2.41. The fourth-order valence-electron chi connectivity index (χ4n) is 3.48. The lowest BCUT2D eigenvalue weighted by Gasteiger charge is -2.04. The lowest BCUT2D eigenvalue weighted by molar-refractivity contribution is 0.101. The molecule has 2 heterocycles. The summed E-state index contributed by atoms with van der Waals surface area (Å²) < 4.78 is 13.0. The Bertz CT molecular complexity index is 1200. The van der Waals surface area contributed by atoms with Crippen LogP contribution in [0.25, 0.3) is 17.0 Å². The number of aromatic hydroxyl groups is 2. The van der Waals surface area contributed by atoms with Crippen LogP contribution in [0.5, 0.6) is 23.0 Å². The Morgan fingerprint density at radius 1 is 1.28 bits per heavy atom. The topological polar surface area (TPSA) is 105 Å². The van der Waals surface area contributed by atoms with Crippen molar-refractivity contribution in [2.24, 2.45) is 0 Å². The van der Waals surface area contributed by atoms with Gasteiger partial charge in [-0.1, -0.05) is 0 Å². The summed E-state index contributed by atoms with van der Waals surface area (Å²) >= 11 is 0. The zero-order valence-electron chi connectivity index (χ0n) is 15.7. The second-order valence-corrected chi connectivity index (χ2v) is 6.70. The number of hydrogen-bond acceptors (Lipinski definition) is 6. The van der Waals surface area contributed by atoms with E-state index in [9.17, 15) is 15.0 Å². The summed E-state index contributed by atoms with van der Waals surface area (Å²) in [5.41, 5.74) is 1.72. The first-order valence-corrected chi connectivity index (χ1v) is 9.06. The number of aryl methyl sites for hydroxylation is 1. The van der Waals surface area contributed by atoms with Gasteiger partial charge < -0.3 is 24.3 Å². The number of hydrogen-bond donors (Lipinski definition) is 2. The Labute approximate surface area is 166 Å². The number of ether oxygens (including phenoxy) is 2. The Hall–Kier alpha value is -3.92. The summed E-state index contributed by atoms with van der Waals surface area (Å²) in [6.07, 6.45) is 4.66. The van der Waals surface area contributed by atoms with Crippen molar-refractivity contribution in [2.75, 3.05) is 7.11 Å². The van der Waals surface area contributed by atoms with E-state index >= 15 is 0 Å². The zero-order chi connectivity index (χ0) is 20.5. The van der Waals surface area contributed by atoms with Crippen LogP contribution in [0, 0.1) is 11.3 Å². The van der Waals surface area contributed by atoms with E-state index in [-0.39, 0.29) is 28.6 Å². The fraction of sp³-hybridized carbons (Fsp3) is 0.182. The fourth-order valence-corrected chi connectivity index (χ4v) is 3.48. The molecule has 0 radical (unpaired) electrons. The molecule has 4 rings (SSSR count). The first-order chi connectivity index (χ1) is 14.0. The van der Waals surface area contributed by atoms with Crippen LogP contribution < -0.4 is 9.47 Å². The number of allylic oxidation sites excluding steroid dienone is 1. The molecule has 0 saturated heterocycles. The van der Waals surface area contributed by atoms with E-state index in [2.05, 4.69) is 6.07 Å². The minimum absolute atomic E-state index is 0.0318. The minimum atomic E-state index is -0.453. The lowest BCUT2D eigenvalue weighted by atomic mass is 10.1. The number of carbonyl (C=O) groups is 1. The SMILES string of the molecule is COc1ccc2c(c1)c(/C=C1\Oc3cc(O)cc(O)c3C1=O)cn2CCCC#N. The second kappa shape index (κ2) is 7.24. The van der Waals surface area contributed by atoms with Crippen LogP contribution in [0.15, 0.2) is 42.3 Å². The van der Waals surface area contributed by atoms with Crippen LogP contribution in [0.4, 0.5) is 0 Å². The van der Waals surface area contributed by atoms with E-state index < -0.39 is 5.78 Å². The molecule has 3 aromatic rings. The van der Waals surface area contributed by atoms with Crippen LogP contribution in [0.3, 0.4) is 0 Å². The van der Waals surface area contributed by atoms with Crippen molar-refractivity contribution in [1.29, 1.82) is 5.26 Å². The highest BCUT2D eigenvalue weighted by Gasteiger charge is 2.31. The number of aromatic nitrogens is 1. The first-order valence-electron chi connectivity index (χ1n) is 9.06. The van der Waals surface area contributed by atoms with Gasteiger partial charge >= 0.3 is 0 Å². The zero-order valence-corrected chi connectivity index (χ0v) is 15.7. The number of methoxy groups -OCH3 is 1. The summed E-state index contributed by atoms with van der Waals surface area (Å²) in [5.74, 6) is -0.112. The molecule has 29 heavy (non-hydrogen) atoms. The van der Waals surface area contributed by atoms with E-state index in [1.165, 1.54) is 6.07 Å². The number of rotatable bonds is 5. The average molecular weight is 390 g/mol. The number of fused-ring (bicyclic) bond motifs is 2. The predicted molar refractivity (Wildman–Crippen MR) is 106 cm³/mol. The summed E-state index contributed by atoms with van der Waals surface area (Å²) in [6.45, 7) is 0.656. The van der Waals surface area contributed by atoms with Gasteiger partial charge in [0.15, 0.2) is 5.76 Å². The van der Waals surface area contributed by atoms with E-state index in [4.69, 9.17) is 14.7 Å². The number of unbranched alkanes of at least 4 members (excludes halogenated alkanes) is 1. The second-order valence-electron chi connectivity index (χ2n) is 6.70. The molecule has 7 heteroatoms. The largest absolute Gasteiger partial charge is 0.508 e. The molecule has 7 nitrogen and oxygen atoms in total. The Kier molecular flexibility index (Phi) is 4.61. The third-order valence-corrected chi connectivity index (χ3v) is 4.83. The highest BCUT2D eigenvalue weighted by atomic mass is 16.5. The smallest absolute Gasteiger partial charge is 0.235 e. The molecule has 0 saturated carbocycles. The van der Waals surface area contributed by atoms with Gasteiger partial charge in [0.2, 0.25) is 5.78 Å². The van der Waals surface area contributed by atoms with Crippen molar-refractivity contribution >= 4 is 22.8 Å². The van der Waals surface area contributed by atoms with Crippen LogP contribution in [0.1, 0.15) is 28.8 Å². The molecule has 0 atom stereocenters. The number of nitriles is 1. The van der Waals surface area contributed by atoms with Gasteiger partial charge in [-0.15, -0.1) is 0 Å². The number of nitrogens with zero attached hydrogens (tertiary/aromatic N) is 2. The van der Waals surface area contributed by atoms with Crippen molar-refractivity contribution in [1.82, 2.24) is 4.57 Å². The third-order valence-electron chi connectivity index (χ3n) is 4.83. The van der Waals surface area contributed by atoms with Gasteiger partial charge in [-0.3, -0.25) is 4.79 Å². The number of phenols is 2. The molecule has 1 aliphatic rings. The van der Waals surface area contributed by atoms with Crippen molar-refractivity contribution in [3.05, 3.63) is 53.4 Å². The number of ketones is 1. The molecular formula is C22H18N2O5. The van der Waals surface area contributed by atoms with Gasteiger partial charge in [0.05, 0.1) is 13.2 Å². The molecule has 0 fully saturated rings. The van der Waals surface area contributed by atoms with E-state index in [1.807, 2.05) is 29.0 Å². The summed E-state index contributed by atoms with van der Waals surface area (Å²) in [7, 11) is 1.58. The molecule has 0 spiro atoms. The lowest BCUT2D eigenvalue weighted by Crippen LogP contribution is -1.98. The summed E-state index contributed by atoms with van der Waals surface area (Å²) in [5, 5.41) is 29.3. The van der Waals surface area contributed by atoms with Gasteiger partial charge in [0.1, 0.15) is 28.6 Å². The van der Waals surface area contributed by atoms with Gasteiger partial charge in [-0.05, 0) is 30.7 Å². The van der Waals surface area contributed by atoms with Gasteiger partial charge in [-0.2, -0.15) is 5.26 Å². The standard InChI is InChI=1S/C22H18N2O5/c1-28-15-4-5-17-16(11-15)13(12-24(17)7-3-2-6-23)8-20-22(27)21-18(26)9-14(25)10-19(21)29-20/h4-5,8-12,25-26H,2-3,7H2,1H3/b20-8-. The number of benzene rings is 2. The maximum atomic E-state index is 12.7.